The summed E-state index contributed by atoms with van der Waals surface area (Å²) in [6, 6.07) is -0.447. The van der Waals surface area contributed by atoms with Gasteiger partial charge in [-0.2, -0.15) is 0 Å². The van der Waals surface area contributed by atoms with E-state index in [1.165, 1.54) is 0 Å². The maximum Gasteiger partial charge on any atom is 0.239 e. The molecule has 1 rings (SSSR count). The summed E-state index contributed by atoms with van der Waals surface area (Å²) in [5, 5.41) is 2.92. The molecule has 0 aromatic carbocycles. The molecule has 3 atom stereocenters. The number of nitrogens with one attached hydrogen (secondary N) is 1. The quantitative estimate of drug-likeness (QED) is 0.780. The first-order valence-corrected chi connectivity index (χ1v) is 7.83. The van der Waals surface area contributed by atoms with Crippen molar-refractivity contribution in [1.82, 2.24) is 10.2 Å². The van der Waals surface area contributed by atoms with Crippen molar-refractivity contribution < 1.29 is 9.59 Å². The molecular weight excluding hydrogens is 290 g/mol. The van der Waals surface area contributed by atoms with Gasteiger partial charge >= 0.3 is 0 Å². The smallest absolute Gasteiger partial charge is 0.239 e. The lowest BCUT2D eigenvalue weighted by Crippen LogP contribution is -2.52. The second-order valence-corrected chi connectivity index (χ2v) is 5.83. The summed E-state index contributed by atoms with van der Waals surface area (Å²) in [5.74, 6) is 0.161. The van der Waals surface area contributed by atoms with E-state index in [2.05, 4.69) is 5.32 Å². The Balaban J connectivity index is 0.00000400. The fourth-order valence-corrected chi connectivity index (χ4v) is 2.49. The highest BCUT2D eigenvalue weighted by Gasteiger charge is 2.31. The van der Waals surface area contributed by atoms with Crippen LogP contribution in [0.5, 0.6) is 0 Å². The van der Waals surface area contributed by atoms with Crippen LogP contribution in [0.1, 0.15) is 46.5 Å². The van der Waals surface area contributed by atoms with Gasteiger partial charge in [-0.3, -0.25) is 9.59 Å². The van der Waals surface area contributed by atoms with Gasteiger partial charge in [0.15, 0.2) is 0 Å². The highest BCUT2D eigenvalue weighted by atomic mass is 35.5. The SMILES string of the molecule is CCCNC(=O)C1CCCN(C(=O)C(N)C(C)CC)C1.Cl. The van der Waals surface area contributed by atoms with Crippen LogP contribution in [0.25, 0.3) is 0 Å². The third kappa shape index (κ3) is 5.83. The summed E-state index contributed by atoms with van der Waals surface area (Å²) < 4.78 is 0. The zero-order chi connectivity index (χ0) is 15.1. The number of likely N-dealkylation sites (tertiary alicyclic amines) is 1. The van der Waals surface area contributed by atoms with Gasteiger partial charge in [0, 0.05) is 19.6 Å². The predicted molar refractivity (Wildman–Crippen MR) is 87.3 cm³/mol. The zero-order valence-corrected chi connectivity index (χ0v) is 14.2. The Kier molecular flexibility index (Phi) is 9.62. The molecule has 0 aromatic rings. The van der Waals surface area contributed by atoms with E-state index in [4.69, 9.17) is 5.73 Å². The summed E-state index contributed by atoms with van der Waals surface area (Å²) in [6.07, 6.45) is 3.56. The molecule has 1 saturated heterocycles. The van der Waals surface area contributed by atoms with Gasteiger partial charge in [0.2, 0.25) is 11.8 Å². The molecule has 124 valence electrons. The number of hydrogen-bond acceptors (Lipinski definition) is 3. The normalized spacial score (nSPS) is 21.1. The average molecular weight is 320 g/mol. The molecule has 2 amide bonds. The van der Waals surface area contributed by atoms with Crippen molar-refractivity contribution in [2.24, 2.45) is 17.6 Å². The molecule has 5 nitrogen and oxygen atoms in total. The van der Waals surface area contributed by atoms with E-state index < -0.39 is 6.04 Å². The average Bonchev–Trinajstić information content (AvgIpc) is 2.50. The molecule has 0 aliphatic carbocycles. The Hall–Kier alpha value is -0.810. The summed E-state index contributed by atoms with van der Waals surface area (Å²) >= 11 is 0. The van der Waals surface area contributed by atoms with Crippen LogP contribution in [-0.4, -0.2) is 42.4 Å². The van der Waals surface area contributed by atoms with Gasteiger partial charge in [-0.25, -0.2) is 0 Å². The summed E-state index contributed by atoms with van der Waals surface area (Å²) in [5.41, 5.74) is 6.01. The molecule has 3 unspecified atom stereocenters. The van der Waals surface area contributed by atoms with Gasteiger partial charge in [0.1, 0.15) is 0 Å². The fourth-order valence-electron chi connectivity index (χ4n) is 2.49. The van der Waals surface area contributed by atoms with Crippen LogP contribution in [0.3, 0.4) is 0 Å². The third-order valence-electron chi connectivity index (χ3n) is 4.20. The number of rotatable bonds is 6. The molecule has 0 radical (unpaired) electrons. The van der Waals surface area contributed by atoms with Gasteiger partial charge in [-0.05, 0) is 25.2 Å². The fraction of sp³-hybridized carbons (Fsp3) is 0.867. The Morgan fingerprint density at radius 3 is 2.62 bits per heavy atom. The van der Waals surface area contributed by atoms with Crippen molar-refractivity contribution in [3.8, 4) is 0 Å². The number of nitrogens with zero attached hydrogens (tertiary/aromatic N) is 1. The Bertz CT molecular complexity index is 339. The van der Waals surface area contributed by atoms with Crippen molar-refractivity contribution in [2.45, 2.75) is 52.5 Å². The van der Waals surface area contributed by atoms with E-state index in [0.717, 1.165) is 32.2 Å². The minimum absolute atomic E-state index is 0. The molecule has 1 aliphatic rings. The van der Waals surface area contributed by atoms with E-state index in [1.54, 1.807) is 4.90 Å². The molecule has 0 saturated carbocycles. The monoisotopic (exact) mass is 319 g/mol. The molecular formula is C15H30ClN3O2. The maximum atomic E-state index is 12.3. The Morgan fingerprint density at radius 2 is 2.05 bits per heavy atom. The number of amides is 2. The highest BCUT2D eigenvalue weighted by molar-refractivity contribution is 5.85. The number of piperidine rings is 1. The van der Waals surface area contributed by atoms with E-state index in [9.17, 15) is 9.59 Å². The van der Waals surface area contributed by atoms with Crippen LogP contribution < -0.4 is 11.1 Å². The van der Waals surface area contributed by atoms with E-state index >= 15 is 0 Å². The summed E-state index contributed by atoms with van der Waals surface area (Å²) in [7, 11) is 0. The Labute approximate surface area is 134 Å². The third-order valence-corrected chi connectivity index (χ3v) is 4.20. The highest BCUT2D eigenvalue weighted by Crippen LogP contribution is 2.19. The summed E-state index contributed by atoms with van der Waals surface area (Å²) in [6.45, 7) is 8.00. The molecule has 21 heavy (non-hydrogen) atoms. The van der Waals surface area contributed by atoms with Crippen molar-refractivity contribution in [3.63, 3.8) is 0 Å². The van der Waals surface area contributed by atoms with Crippen molar-refractivity contribution in [3.05, 3.63) is 0 Å². The first-order chi connectivity index (χ1) is 9.51. The van der Waals surface area contributed by atoms with Crippen LogP contribution in [0.4, 0.5) is 0 Å². The Morgan fingerprint density at radius 1 is 1.38 bits per heavy atom. The predicted octanol–water partition coefficient (Wildman–Crippen LogP) is 1.55. The van der Waals surface area contributed by atoms with Crippen LogP contribution >= 0.6 is 12.4 Å². The van der Waals surface area contributed by atoms with Gasteiger partial charge in [0.25, 0.3) is 0 Å². The molecule has 0 aromatic heterocycles. The largest absolute Gasteiger partial charge is 0.356 e. The van der Waals surface area contributed by atoms with Crippen molar-refractivity contribution in [2.75, 3.05) is 19.6 Å². The topological polar surface area (TPSA) is 75.4 Å². The molecule has 3 N–H and O–H groups in total. The second kappa shape index (κ2) is 10.0. The molecule has 0 bridgehead atoms. The molecule has 6 heteroatoms. The van der Waals surface area contributed by atoms with E-state index in [-0.39, 0.29) is 36.1 Å². The lowest BCUT2D eigenvalue weighted by molar-refractivity contribution is -0.137. The molecule has 1 aliphatic heterocycles. The van der Waals surface area contributed by atoms with E-state index in [1.807, 2.05) is 20.8 Å². The number of nitrogens with two attached hydrogens (primary N) is 1. The van der Waals surface area contributed by atoms with Gasteiger partial charge in [0.05, 0.1) is 12.0 Å². The van der Waals surface area contributed by atoms with Crippen LogP contribution in [-0.2, 0) is 9.59 Å². The molecule has 1 heterocycles. The van der Waals surface area contributed by atoms with Gasteiger partial charge < -0.3 is 16.0 Å². The van der Waals surface area contributed by atoms with Crippen LogP contribution in [0.2, 0.25) is 0 Å². The minimum Gasteiger partial charge on any atom is -0.356 e. The zero-order valence-electron chi connectivity index (χ0n) is 13.4. The standard InChI is InChI=1S/C15H29N3O2.ClH/c1-4-8-17-14(19)12-7-6-9-18(10-12)15(20)13(16)11(3)5-2;/h11-13H,4-10,16H2,1-3H3,(H,17,19);1H. The van der Waals surface area contributed by atoms with Gasteiger partial charge in [-0.15, -0.1) is 12.4 Å². The number of halogens is 1. The second-order valence-electron chi connectivity index (χ2n) is 5.83. The number of carbonyl (C=O) groups is 2. The first-order valence-electron chi connectivity index (χ1n) is 7.83. The van der Waals surface area contributed by atoms with Crippen molar-refractivity contribution >= 4 is 24.2 Å². The molecule has 1 fully saturated rings. The lowest BCUT2D eigenvalue weighted by atomic mass is 9.94. The van der Waals surface area contributed by atoms with Gasteiger partial charge in [-0.1, -0.05) is 27.2 Å². The minimum atomic E-state index is -0.447. The van der Waals surface area contributed by atoms with Crippen molar-refractivity contribution in [1.29, 1.82) is 0 Å². The van der Waals surface area contributed by atoms with E-state index in [0.29, 0.717) is 13.1 Å². The maximum absolute atomic E-state index is 12.3. The molecule has 0 spiro atoms. The van der Waals surface area contributed by atoms with Crippen LogP contribution in [0, 0.1) is 11.8 Å². The first kappa shape index (κ1) is 20.2. The summed E-state index contributed by atoms with van der Waals surface area (Å²) in [4.78, 5) is 26.1. The lowest BCUT2D eigenvalue weighted by Gasteiger charge is -2.34. The number of hydrogen-bond donors (Lipinski definition) is 2. The number of carbonyl (C=O) groups excluding carboxylic acids is 2. The van der Waals surface area contributed by atoms with Crippen LogP contribution in [0.15, 0.2) is 0 Å².